The molecule has 2 rings (SSSR count). The SMILES string of the molecule is [C-]#[N+]CCc1ccnc2ccc(O)cc12. The number of hydrogen-bond donors (Lipinski definition) is 1. The molecule has 0 radical (unpaired) electrons. The van der Waals surface area contributed by atoms with E-state index < -0.39 is 0 Å². The lowest BCUT2D eigenvalue weighted by Crippen LogP contribution is -1.91. The van der Waals surface area contributed by atoms with E-state index in [1.54, 1.807) is 24.4 Å². The van der Waals surface area contributed by atoms with E-state index in [9.17, 15) is 5.11 Å². The fourth-order valence-electron chi connectivity index (χ4n) is 1.59. The summed E-state index contributed by atoms with van der Waals surface area (Å²) in [7, 11) is 0. The Morgan fingerprint density at radius 1 is 1.33 bits per heavy atom. The van der Waals surface area contributed by atoms with Gasteiger partial charge in [-0.3, -0.25) is 4.98 Å². The van der Waals surface area contributed by atoms with Crippen molar-refractivity contribution in [2.24, 2.45) is 0 Å². The normalized spacial score (nSPS) is 10.1. The first kappa shape index (κ1) is 9.47. The molecule has 0 atom stereocenters. The van der Waals surface area contributed by atoms with Crippen molar-refractivity contribution in [3.05, 3.63) is 47.4 Å². The van der Waals surface area contributed by atoms with Gasteiger partial charge in [0.25, 0.3) is 0 Å². The summed E-state index contributed by atoms with van der Waals surface area (Å²) in [6.07, 6.45) is 2.44. The maximum atomic E-state index is 9.39. The molecule has 3 nitrogen and oxygen atoms in total. The highest BCUT2D eigenvalue weighted by atomic mass is 16.3. The second kappa shape index (κ2) is 3.97. The maximum absolute atomic E-state index is 9.39. The molecule has 0 amide bonds. The Kier molecular flexibility index (Phi) is 2.51. The van der Waals surface area contributed by atoms with Crippen LogP contribution in [0, 0.1) is 6.57 Å². The van der Waals surface area contributed by atoms with Crippen molar-refractivity contribution in [1.82, 2.24) is 4.98 Å². The van der Waals surface area contributed by atoms with Crippen molar-refractivity contribution < 1.29 is 5.11 Å². The van der Waals surface area contributed by atoms with Crippen LogP contribution in [0.4, 0.5) is 0 Å². The fraction of sp³-hybridized carbons (Fsp3) is 0.167. The van der Waals surface area contributed by atoms with Gasteiger partial charge in [0.05, 0.1) is 5.52 Å². The van der Waals surface area contributed by atoms with Gasteiger partial charge in [-0.05, 0) is 29.8 Å². The van der Waals surface area contributed by atoms with E-state index in [1.807, 2.05) is 6.07 Å². The van der Waals surface area contributed by atoms with Crippen LogP contribution >= 0.6 is 0 Å². The molecule has 0 aliphatic heterocycles. The molecule has 0 spiro atoms. The number of aromatic nitrogens is 1. The summed E-state index contributed by atoms with van der Waals surface area (Å²) in [4.78, 5) is 7.53. The van der Waals surface area contributed by atoms with Gasteiger partial charge in [0.2, 0.25) is 6.54 Å². The van der Waals surface area contributed by atoms with Crippen LogP contribution in [0.15, 0.2) is 30.5 Å². The monoisotopic (exact) mass is 198 g/mol. The minimum absolute atomic E-state index is 0.236. The Morgan fingerprint density at radius 2 is 2.20 bits per heavy atom. The Labute approximate surface area is 87.8 Å². The van der Waals surface area contributed by atoms with Crippen LogP contribution < -0.4 is 0 Å². The topological polar surface area (TPSA) is 37.5 Å². The number of rotatable bonds is 2. The third kappa shape index (κ3) is 1.89. The van der Waals surface area contributed by atoms with Gasteiger partial charge in [0, 0.05) is 18.0 Å². The second-order valence-corrected chi connectivity index (χ2v) is 3.30. The smallest absolute Gasteiger partial charge is 0.218 e. The Morgan fingerprint density at radius 3 is 3.00 bits per heavy atom. The molecule has 1 N–H and O–H groups in total. The molecular formula is C12H10N2O. The van der Waals surface area contributed by atoms with E-state index in [0.717, 1.165) is 16.5 Å². The van der Waals surface area contributed by atoms with Gasteiger partial charge in [0.1, 0.15) is 5.75 Å². The number of aromatic hydroxyl groups is 1. The van der Waals surface area contributed by atoms with Crippen molar-refractivity contribution in [3.8, 4) is 5.75 Å². The average molecular weight is 198 g/mol. The Balaban J connectivity index is 2.54. The van der Waals surface area contributed by atoms with Crippen molar-refractivity contribution in [2.75, 3.05) is 6.54 Å². The van der Waals surface area contributed by atoms with E-state index in [1.165, 1.54) is 0 Å². The summed E-state index contributed by atoms with van der Waals surface area (Å²) in [6.45, 7) is 7.23. The third-order valence-electron chi connectivity index (χ3n) is 2.31. The molecule has 0 bridgehead atoms. The zero-order chi connectivity index (χ0) is 10.7. The van der Waals surface area contributed by atoms with Gasteiger partial charge in [0.15, 0.2) is 0 Å². The molecular weight excluding hydrogens is 188 g/mol. The highest BCUT2D eigenvalue weighted by Crippen LogP contribution is 2.21. The summed E-state index contributed by atoms with van der Waals surface area (Å²) in [6, 6.07) is 6.99. The molecule has 0 aliphatic carbocycles. The molecule has 15 heavy (non-hydrogen) atoms. The number of benzene rings is 1. The lowest BCUT2D eigenvalue weighted by atomic mass is 10.1. The summed E-state index contributed by atoms with van der Waals surface area (Å²) in [5, 5.41) is 10.3. The number of phenols is 1. The molecule has 2 aromatic rings. The first-order valence-electron chi connectivity index (χ1n) is 4.71. The van der Waals surface area contributed by atoms with E-state index in [-0.39, 0.29) is 5.75 Å². The van der Waals surface area contributed by atoms with E-state index in [0.29, 0.717) is 13.0 Å². The minimum atomic E-state index is 0.236. The van der Waals surface area contributed by atoms with Crippen LogP contribution in [0.3, 0.4) is 0 Å². The molecule has 0 saturated heterocycles. The molecule has 0 aliphatic rings. The van der Waals surface area contributed by atoms with Crippen LogP contribution in [0.1, 0.15) is 5.56 Å². The molecule has 1 heterocycles. The molecule has 0 saturated carbocycles. The maximum Gasteiger partial charge on any atom is 0.218 e. The van der Waals surface area contributed by atoms with Gasteiger partial charge in [-0.15, -0.1) is 0 Å². The first-order valence-corrected chi connectivity index (χ1v) is 4.71. The van der Waals surface area contributed by atoms with Gasteiger partial charge in [-0.1, -0.05) is 0 Å². The summed E-state index contributed by atoms with van der Waals surface area (Å²) >= 11 is 0. The zero-order valence-electron chi connectivity index (χ0n) is 8.14. The first-order chi connectivity index (χ1) is 7.31. The molecule has 1 aromatic carbocycles. The lowest BCUT2D eigenvalue weighted by Gasteiger charge is -2.03. The van der Waals surface area contributed by atoms with Gasteiger partial charge in [-0.25, -0.2) is 6.57 Å². The molecule has 0 unspecified atom stereocenters. The molecule has 3 heteroatoms. The molecule has 74 valence electrons. The van der Waals surface area contributed by atoms with Gasteiger partial charge >= 0.3 is 0 Å². The number of phenolic OH excluding ortho intramolecular Hbond substituents is 1. The van der Waals surface area contributed by atoms with Crippen molar-refractivity contribution in [3.63, 3.8) is 0 Å². The highest BCUT2D eigenvalue weighted by Gasteiger charge is 2.03. The summed E-state index contributed by atoms with van der Waals surface area (Å²) in [5.41, 5.74) is 1.92. The van der Waals surface area contributed by atoms with Crippen molar-refractivity contribution in [1.29, 1.82) is 0 Å². The quantitative estimate of drug-likeness (QED) is 0.752. The van der Waals surface area contributed by atoms with Gasteiger partial charge in [-0.2, -0.15) is 0 Å². The number of hydrogen-bond acceptors (Lipinski definition) is 2. The minimum Gasteiger partial charge on any atom is -0.508 e. The Bertz CT molecular complexity index is 529. The van der Waals surface area contributed by atoms with E-state index >= 15 is 0 Å². The van der Waals surface area contributed by atoms with Crippen LogP contribution in [-0.2, 0) is 6.42 Å². The zero-order valence-corrected chi connectivity index (χ0v) is 8.14. The third-order valence-corrected chi connectivity index (χ3v) is 2.31. The van der Waals surface area contributed by atoms with Crippen LogP contribution in [0.2, 0.25) is 0 Å². The second-order valence-electron chi connectivity index (χ2n) is 3.30. The average Bonchev–Trinajstić information content (AvgIpc) is 2.26. The van der Waals surface area contributed by atoms with Crippen molar-refractivity contribution in [2.45, 2.75) is 6.42 Å². The van der Waals surface area contributed by atoms with Gasteiger partial charge < -0.3 is 9.95 Å². The van der Waals surface area contributed by atoms with Crippen LogP contribution in [0.25, 0.3) is 15.7 Å². The van der Waals surface area contributed by atoms with E-state index in [4.69, 9.17) is 6.57 Å². The number of fused-ring (bicyclic) bond motifs is 1. The number of nitrogens with zero attached hydrogens (tertiary/aromatic N) is 2. The predicted octanol–water partition coefficient (Wildman–Crippen LogP) is 2.40. The molecule has 1 aromatic heterocycles. The molecule has 0 fully saturated rings. The standard InChI is InChI=1S/C12H10N2O/c1-13-6-4-9-5-7-14-12-3-2-10(15)8-11(9)12/h2-3,5,7-8,15H,4,6H2. The Hall–Kier alpha value is -2.08. The summed E-state index contributed by atoms with van der Waals surface area (Å²) in [5.74, 6) is 0.236. The van der Waals surface area contributed by atoms with E-state index in [2.05, 4.69) is 9.83 Å². The highest BCUT2D eigenvalue weighted by molar-refractivity contribution is 5.83. The van der Waals surface area contributed by atoms with Crippen LogP contribution in [0.5, 0.6) is 5.75 Å². The fourth-order valence-corrected chi connectivity index (χ4v) is 1.59. The largest absolute Gasteiger partial charge is 0.508 e. The summed E-state index contributed by atoms with van der Waals surface area (Å²) < 4.78 is 0. The van der Waals surface area contributed by atoms with Crippen LogP contribution in [-0.4, -0.2) is 16.6 Å². The predicted molar refractivity (Wildman–Crippen MR) is 58.6 cm³/mol. The lowest BCUT2D eigenvalue weighted by molar-refractivity contribution is 0.476. The van der Waals surface area contributed by atoms with Crippen molar-refractivity contribution >= 4 is 10.9 Å². The number of pyridine rings is 1.